The Morgan fingerprint density at radius 2 is 2.09 bits per heavy atom. The maximum Gasteiger partial charge on any atom is 0.0353 e. The molecule has 11 heavy (non-hydrogen) atoms. The second-order valence-corrected chi connectivity index (χ2v) is 3.87. The summed E-state index contributed by atoms with van der Waals surface area (Å²) < 4.78 is 2.33. The molecule has 0 saturated carbocycles. The molecular weight excluding hydrogens is 340 g/mol. The largest absolute Gasteiger partial charge is 0.326 e. The first-order valence-electron chi connectivity index (χ1n) is 2.88. The molecule has 0 aliphatic carbocycles. The lowest BCUT2D eigenvalue weighted by molar-refractivity contribution is 1.06. The van der Waals surface area contributed by atoms with Gasteiger partial charge in [-0.2, -0.15) is 0 Å². The quantitative estimate of drug-likeness (QED) is 0.776. The van der Waals surface area contributed by atoms with Crippen molar-refractivity contribution < 1.29 is 0 Å². The van der Waals surface area contributed by atoms with E-state index < -0.39 is 0 Å². The number of halogens is 3. The van der Waals surface area contributed by atoms with Crippen LogP contribution in [0.3, 0.4) is 0 Å². The second kappa shape index (κ2) is 5.35. The molecule has 62 valence electrons. The monoisotopic (exact) mass is 347 g/mol. The highest BCUT2D eigenvalue weighted by Gasteiger charge is 1.99. The molecule has 1 nitrogen and oxygen atoms in total. The molecule has 0 aliphatic rings. The van der Waals surface area contributed by atoms with E-state index in [1.54, 1.807) is 0 Å². The first kappa shape index (κ1) is 11.7. The Bertz CT molecular complexity index is 242. The highest BCUT2D eigenvalue weighted by Crippen LogP contribution is 2.22. The van der Waals surface area contributed by atoms with Gasteiger partial charge in [-0.05, 0) is 50.2 Å². The van der Waals surface area contributed by atoms with Gasteiger partial charge in [-0.15, -0.1) is 12.4 Å². The van der Waals surface area contributed by atoms with Gasteiger partial charge in [0.15, 0.2) is 0 Å². The number of hydrogen-bond donors (Lipinski definition) is 1. The first-order valence-corrected chi connectivity index (χ1v) is 4.76. The smallest absolute Gasteiger partial charge is 0.0353 e. The molecule has 0 unspecified atom stereocenters. The van der Waals surface area contributed by atoms with Gasteiger partial charge in [-0.1, -0.05) is 12.1 Å². The summed E-state index contributed by atoms with van der Waals surface area (Å²) in [6, 6.07) is 6.07. The van der Waals surface area contributed by atoms with Crippen LogP contribution in [-0.4, -0.2) is 0 Å². The van der Waals surface area contributed by atoms with E-state index in [0.717, 1.165) is 10.0 Å². The third kappa shape index (κ3) is 2.89. The van der Waals surface area contributed by atoms with Crippen LogP contribution < -0.4 is 5.73 Å². The number of rotatable bonds is 1. The van der Waals surface area contributed by atoms with Gasteiger partial charge < -0.3 is 5.73 Å². The molecule has 0 spiro atoms. The fourth-order valence-corrected chi connectivity index (χ4v) is 1.69. The van der Waals surface area contributed by atoms with Crippen molar-refractivity contribution in [2.75, 3.05) is 0 Å². The van der Waals surface area contributed by atoms with Crippen molar-refractivity contribution in [2.24, 2.45) is 5.73 Å². The van der Waals surface area contributed by atoms with E-state index in [1.807, 2.05) is 18.2 Å². The molecule has 4 heteroatoms. The summed E-state index contributed by atoms with van der Waals surface area (Å²) in [5, 5.41) is 0. The Kier molecular flexibility index (Phi) is 5.68. The molecule has 1 aromatic rings. The Balaban J connectivity index is 0.000001000. The third-order valence-electron chi connectivity index (χ3n) is 1.25. The molecule has 0 bridgehead atoms. The van der Waals surface area contributed by atoms with Crippen molar-refractivity contribution in [3.63, 3.8) is 0 Å². The lowest BCUT2D eigenvalue weighted by atomic mass is 10.2. The third-order valence-corrected chi connectivity index (χ3v) is 3.83. The Morgan fingerprint density at radius 3 is 2.55 bits per heavy atom. The zero-order valence-electron chi connectivity index (χ0n) is 5.68. The van der Waals surface area contributed by atoms with E-state index in [9.17, 15) is 0 Å². The van der Waals surface area contributed by atoms with Crippen LogP contribution >= 0.6 is 50.9 Å². The SMILES string of the molecule is Cl.NCc1cccc(I)c1Br. The average molecular weight is 348 g/mol. The van der Waals surface area contributed by atoms with Gasteiger partial charge in [0, 0.05) is 14.6 Å². The van der Waals surface area contributed by atoms with Crippen molar-refractivity contribution in [1.82, 2.24) is 0 Å². The summed E-state index contributed by atoms with van der Waals surface area (Å²) in [5.74, 6) is 0. The highest BCUT2D eigenvalue weighted by atomic mass is 127. The van der Waals surface area contributed by atoms with Gasteiger partial charge in [-0.25, -0.2) is 0 Å². The summed E-state index contributed by atoms with van der Waals surface area (Å²) in [7, 11) is 0. The molecule has 0 aliphatic heterocycles. The molecule has 0 amide bonds. The van der Waals surface area contributed by atoms with E-state index in [2.05, 4.69) is 38.5 Å². The zero-order valence-corrected chi connectivity index (χ0v) is 10.2. The molecule has 0 fully saturated rings. The molecule has 1 aromatic carbocycles. The van der Waals surface area contributed by atoms with Gasteiger partial charge >= 0.3 is 0 Å². The molecule has 0 aromatic heterocycles. The Morgan fingerprint density at radius 1 is 1.45 bits per heavy atom. The molecular formula is C7H8BrClIN. The number of hydrogen-bond acceptors (Lipinski definition) is 1. The van der Waals surface area contributed by atoms with Crippen molar-refractivity contribution in [3.05, 3.63) is 31.8 Å². The molecule has 0 atom stereocenters. The van der Waals surface area contributed by atoms with E-state index in [1.165, 1.54) is 3.57 Å². The van der Waals surface area contributed by atoms with Crippen LogP contribution in [0.2, 0.25) is 0 Å². The van der Waals surface area contributed by atoms with E-state index in [-0.39, 0.29) is 12.4 Å². The van der Waals surface area contributed by atoms with E-state index in [4.69, 9.17) is 5.73 Å². The lowest BCUT2D eigenvalue weighted by Crippen LogP contribution is -1.97. The normalized spacial score (nSPS) is 9.00. The number of nitrogens with two attached hydrogens (primary N) is 1. The summed E-state index contributed by atoms with van der Waals surface area (Å²) in [6.07, 6.45) is 0. The Hall–Kier alpha value is 0.680. The van der Waals surface area contributed by atoms with Crippen LogP contribution in [0.15, 0.2) is 22.7 Å². The predicted molar refractivity (Wildman–Crippen MR) is 62.0 cm³/mol. The topological polar surface area (TPSA) is 26.0 Å². The molecule has 0 radical (unpaired) electrons. The molecule has 2 N–H and O–H groups in total. The fraction of sp³-hybridized carbons (Fsp3) is 0.143. The zero-order chi connectivity index (χ0) is 7.56. The van der Waals surface area contributed by atoms with Crippen LogP contribution in [0, 0.1) is 3.57 Å². The van der Waals surface area contributed by atoms with Gasteiger partial charge in [0.25, 0.3) is 0 Å². The van der Waals surface area contributed by atoms with Crippen LogP contribution in [0.4, 0.5) is 0 Å². The van der Waals surface area contributed by atoms with Crippen LogP contribution in [0.25, 0.3) is 0 Å². The molecule has 0 heterocycles. The minimum absolute atomic E-state index is 0. The maximum atomic E-state index is 5.49. The standard InChI is InChI=1S/C7H7BrIN.ClH/c8-7-5(4-10)2-1-3-6(7)9;/h1-3H,4,10H2;1H. The summed E-state index contributed by atoms with van der Waals surface area (Å²) in [5.41, 5.74) is 6.65. The van der Waals surface area contributed by atoms with Crippen molar-refractivity contribution in [3.8, 4) is 0 Å². The second-order valence-electron chi connectivity index (χ2n) is 1.92. The van der Waals surface area contributed by atoms with Crippen molar-refractivity contribution in [1.29, 1.82) is 0 Å². The van der Waals surface area contributed by atoms with Crippen LogP contribution in [0.1, 0.15) is 5.56 Å². The minimum atomic E-state index is 0. The number of benzene rings is 1. The van der Waals surface area contributed by atoms with Gasteiger partial charge in [0.05, 0.1) is 0 Å². The fourth-order valence-electron chi connectivity index (χ4n) is 0.706. The highest BCUT2D eigenvalue weighted by molar-refractivity contribution is 14.1. The maximum absolute atomic E-state index is 5.49. The minimum Gasteiger partial charge on any atom is -0.326 e. The van der Waals surface area contributed by atoms with E-state index in [0.29, 0.717) is 6.54 Å². The summed E-state index contributed by atoms with van der Waals surface area (Å²) >= 11 is 5.72. The summed E-state index contributed by atoms with van der Waals surface area (Å²) in [4.78, 5) is 0. The first-order chi connectivity index (χ1) is 4.75. The average Bonchev–Trinajstić information content (AvgIpc) is 1.95. The Labute approximate surface area is 94.4 Å². The molecule has 0 saturated heterocycles. The van der Waals surface area contributed by atoms with Crippen LogP contribution in [-0.2, 0) is 6.54 Å². The van der Waals surface area contributed by atoms with Crippen molar-refractivity contribution in [2.45, 2.75) is 6.54 Å². The predicted octanol–water partition coefficient (Wildman–Crippen LogP) is 2.93. The van der Waals surface area contributed by atoms with Gasteiger partial charge in [0.1, 0.15) is 0 Å². The van der Waals surface area contributed by atoms with Crippen molar-refractivity contribution >= 4 is 50.9 Å². The van der Waals surface area contributed by atoms with E-state index >= 15 is 0 Å². The lowest BCUT2D eigenvalue weighted by Gasteiger charge is -2.01. The summed E-state index contributed by atoms with van der Waals surface area (Å²) in [6.45, 7) is 0.595. The van der Waals surface area contributed by atoms with Gasteiger partial charge in [-0.3, -0.25) is 0 Å². The molecule has 1 rings (SSSR count). The van der Waals surface area contributed by atoms with Gasteiger partial charge in [0.2, 0.25) is 0 Å². The van der Waals surface area contributed by atoms with Crippen LogP contribution in [0.5, 0.6) is 0 Å².